The Labute approximate surface area is 212 Å². The van der Waals surface area contributed by atoms with E-state index in [1.807, 2.05) is 42.5 Å². The standard InChI is InChI=1S/C23H18I2N2O5/c1-29-21-10-16(4-5-17(21)24)23(28)27-26-11-14-2-6-19(18(25)8-14)30-12-15-3-7-20-22(9-15)32-13-31-20/h2-11H,12-13H2,1H3,(H,27,28)/b26-11-. The van der Waals surface area contributed by atoms with Gasteiger partial charge in [-0.2, -0.15) is 5.10 Å². The van der Waals surface area contributed by atoms with Crippen molar-refractivity contribution in [1.82, 2.24) is 5.43 Å². The molecule has 0 unspecified atom stereocenters. The van der Waals surface area contributed by atoms with Crippen LogP contribution in [-0.4, -0.2) is 26.0 Å². The molecule has 9 heteroatoms. The van der Waals surface area contributed by atoms with E-state index in [4.69, 9.17) is 18.9 Å². The number of nitrogens with zero attached hydrogens (tertiary/aromatic N) is 1. The van der Waals surface area contributed by atoms with Gasteiger partial charge in [-0.3, -0.25) is 4.79 Å². The second-order valence-corrected chi connectivity index (χ2v) is 9.04. The van der Waals surface area contributed by atoms with Gasteiger partial charge in [-0.1, -0.05) is 6.07 Å². The predicted octanol–water partition coefficient (Wildman–Crippen LogP) is 4.98. The van der Waals surface area contributed by atoms with Crippen molar-refractivity contribution >= 4 is 57.3 Å². The molecule has 0 spiro atoms. The van der Waals surface area contributed by atoms with E-state index in [-0.39, 0.29) is 12.7 Å². The highest BCUT2D eigenvalue weighted by Crippen LogP contribution is 2.33. The molecule has 0 aromatic heterocycles. The Balaban J connectivity index is 1.34. The van der Waals surface area contributed by atoms with Crippen molar-refractivity contribution in [3.05, 3.63) is 78.4 Å². The third kappa shape index (κ3) is 5.44. The molecule has 0 aliphatic carbocycles. The van der Waals surface area contributed by atoms with Gasteiger partial charge in [-0.25, -0.2) is 5.43 Å². The van der Waals surface area contributed by atoms with Crippen molar-refractivity contribution in [3.63, 3.8) is 0 Å². The van der Waals surface area contributed by atoms with Crippen LogP contribution in [0.1, 0.15) is 21.5 Å². The molecule has 1 heterocycles. The Morgan fingerprint density at radius 1 is 1.03 bits per heavy atom. The molecule has 0 atom stereocenters. The largest absolute Gasteiger partial charge is 0.496 e. The number of nitrogens with one attached hydrogen (secondary N) is 1. The molecule has 7 nitrogen and oxygen atoms in total. The third-order valence-electron chi connectivity index (χ3n) is 4.58. The van der Waals surface area contributed by atoms with Crippen LogP contribution in [-0.2, 0) is 6.61 Å². The quantitative estimate of drug-likeness (QED) is 0.221. The number of benzene rings is 3. The van der Waals surface area contributed by atoms with E-state index in [0.29, 0.717) is 17.9 Å². The average Bonchev–Trinajstić information content (AvgIpc) is 3.26. The summed E-state index contributed by atoms with van der Waals surface area (Å²) < 4.78 is 23.8. The first kappa shape index (κ1) is 22.6. The second kappa shape index (κ2) is 10.4. The minimum absolute atomic E-state index is 0.250. The number of ether oxygens (including phenoxy) is 4. The first-order chi connectivity index (χ1) is 15.5. The number of rotatable bonds is 7. The molecule has 1 amide bonds. The van der Waals surface area contributed by atoms with Crippen LogP contribution in [0.4, 0.5) is 0 Å². The molecule has 0 fully saturated rings. The summed E-state index contributed by atoms with van der Waals surface area (Å²) in [5.41, 5.74) is 4.84. The molecule has 1 aliphatic heterocycles. The summed E-state index contributed by atoms with van der Waals surface area (Å²) in [4.78, 5) is 12.3. The minimum atomic E-state index is -0.311. The molecular formula is C23H18I2N2O5. The van der Waals surface area contributed by atoms with Gasteiger partial charge in [-0.15, -0.1) is 0 Å². The van der Waals surface area contributed by atoms with Crippen LogP contribution in [0.25, 0.3) is 0 Å². The summed E-state index contributed by atoms with van der Waals surface area (Å²) in [6, 6.07) is 16.7. The Morgan fingerprint density at radius 2 is 1.88 bits per heavy atom. The van der Waals surface area contributed by atoms with E-state index >= 15 is 0 Å². The van der Waals surface area contributed by atoms with Gasteiger partial charge in [0.25, 0.3) is 5.91 Å². The zero-order chi connectivity index (χ0) is 22.5. The number of hydrazone groups is 1. The fraction of sp³-hybridized carbons (Fsp3) is 0.130. The zero-order valence-electron chi connectivity index (χ0n) is 16.9. The van der Waals surface area contributed by atoms with Crippen molar-refractivity contribution in [1.29, 1.82) is 0 Å². The van der Waals surface area contributed by atoms with Gasteiger partial charge < -0.3 is 18.9 Å². The van der Waals surface area contributed by atoms with E-state index in [1.54, 1.807) is 25.5 Å². The first-order valence-corrected chi connectivity index (χ1v) is 11.7. The summed E-state index contributed by atoms with van der Waals surface area (Å²) in [6.45, 7) is 0.662. The Kier molecular flexibility index (Phi) is 7.35. The van der Waals surface area contributed by atoms with Crippen LogP contribution in [0.3, 0.4) is 0 Å². The van der Waals surface area contributed by atoms with E-state index in [2.05, 4.69) is 55.7 Å². The SMILES string of the molecule is COc1cc(C(=O)N/N=C\c2ccc(OCc3ccc4c(c3)OCO4)c(I)c2)ccc1I. The highest BCUT2D eigenvalue weighted by atomic mass is 127. The number of fused-ring (bicyclic) bond motifs is 1. The molecule has 4 rings (SSSR count). The van der Waals surface area contributed by atoms with Crippen LogP contribution in [0.15, 0.2) is 59.7 Å². The fourth-order valence-corrected chi connectivity index (χ4v) is 4.19. The predicted molar refractivity (Wildman–Crippen MR) is 137 cm³/mol. The maximum Gasteiger partial charge on any atom is 0.271 e. The monoisotopic (exact) mass is 656 g/mol. The van der Waals surface area contributed by atoms with Gasteiger partial charge in [0, 0.05) is 5.56 Å². The molecule has 1 aliphatic rings. The smallest absolute Gasteiger partial charge is 0.271 e. The van der Waals surface area contributed by atoms with E-state index in [9.17, 15) is 4.79 Å². The van der Waals surface area contributed by atoms with E-state index in [1.165, 1.54) is 0 Å². The number of methoxy groups -OCH3 is 1. The minimum Gasteiger partial charge on any atom is -0.496 e. The number of carbonyl (C=O) groups is 1. The van der Waals surface area contributed by atoms with Crippen molar-refractivity contribution in [2.24, 2.45) is 5.10 Å². The van der Waals surface area contributed by atoms with Crippen LogP contribution < -0.4 is 24.4 Å². The summed E-state index contributed by atoms with van der Waals surface area (Å²) >= 11 is 4.36. The topological polar surface area (TPSA) is 78.4 Å². The van der Waals surface area contributed by atoms with Crippen LogP contribution in [0, 0.1) is 7.14 Å². The molecule has 0 bridgehead atoms. The molecule has 3 aromatic carbocycles. The zero-order valence-corrected chi connectivity index (χ0v) is 21.2. The van der Waals surface area contributed by atoms with Crippen molar-refractivity contribution in [2.75, 3.05) is 13.9 Å². The van der Waals surface area contributed by atoms with Crippen molar-refractivity contribution in [3.8, 4) is 23.0 Å². The lowest BCUT2D eigenvalue weighted by molar-refractivity contribution is 0.0954. The van der Waals surface area contributed by atoms with Gasteiger partial charge in [0.05, 0.1) is 20.5 Å². The molecule has 164 valence electrons. The molecular weight excluding hydrogens is 638 g/mol. The molecule has 0 radical (unpaired) electrons. The maximum absolute atomic E-state index is 12.3. The van der Waals surface area contributed by atoms with Crippen molar-refractivity contribution < 1.29 is 23.7 Å². The number of carbonyl (C=O) groups excluding carboxylic acids is 1. The van der Waals surface area contributed by atoms with Crippen LogP contribution in [0.5, 0.6) is 23.0 Å². The maximum atomic E-state index is 12.3. The Morgan fingerprint density at radius 3 is 2.69 bits per heavy atom. The lowest BCUT2D eigenvalue weighted by Crippen LogP contribution is -2.17. The van der Waals surface area contributed by atoms with Gasteiger partial charge in [0.15, 0.2) is 11.5 Å². The molecule has 0 saturated heterocycles. The van der Waals surface area contributed by atoms with Crippen LogP contribution in [0.2, 0.25) is 0 Å². The third-order valence-corrected chi connectivity index (χ3v) is 6.31. The lowest BCUT2D eigenvalue weighted by atomic mass is 10.2. The number of halogens is 2. The van der Waals surface area contributed by atoms with Crippen LogP contribution >= 0.6 is 45.2 Å². The molecule has 32 heavy (non-hydrogen) atoms. The Hall–Kier alpha value is -2.54. The summed E-state index contributed by atoms with van der Waals surface area (Å²) in [6.07, 6.45) is 1.59. The second-order valence-electron chi connectivity index (χ2n) is 6.71. The molecule has 3 aromatic rings. The molecule has 1 N–H and O–H groups in total. The molecule has 0 saturated carbocycles. The summed E-state index contributed by atoms with van der Waals surface area (Å²) in [5.74, 6) is 2.58. The first-order valence-electron chi connectivity index (χ1n) is 9.51. The van der Waals surface area contributed by atoms with Crippen molar-refractivity contribution in [2.45, 2.75) is 6.61 Å². The van der Waals surface area contributed by atoms with E-state index in [0.717, 1.165) is 35.5 Å². The van der Waals surface area contributed by atoms with Gasteiger partial charge in [-0.05, 0) is 105 Å². The number of hydrogen-bond donors (Lipinski definition) is 1. The summed E-state index contributed by atoms with van der Waals surface area (Å²) in [7, 11) is 1.57. The Bertz CT molecular complexity index is 1180. The highest BCUT2D eigenvalue weighted by molar-refractivity contribution is 14.1. The van der Waals surface area contributed by atoms with E-state index < -0.39 is 0 Å². The highest BCUT2D eigenvalue weighted by Gasteiger charge is 2.13. The van der Waals surface area contributed by atoms with Gasteiger partial charge in [0.2, 0.25) is 6.79 Å². The normalized spacial score (nSPS) is 12.1. The lowest BCUT2D eigenvalue weighted by Gasteiger charge is -2.09. The van der Waals surface area contributed by atoms with Gasteiger partial charge in [0.1, 0.15) is 18.1 Å². The number of hydrogen-bond acceptors (Lipinski definition) is 6. The van der Waals surface area contributed by atoms with Gasteiger partial charge >= 0.3 is 0 Å². The number of amides is 1. The fourth-order valence-electron chi connectivity index (χ4n) is 2.94. The average molecular weight is 656 g/mol. The summed E-state index contributed by atoms with van der Waals surface area (Å²) in [5, 5.41) is 4.06.